The van der Waals surface area contributed by atoms with Gasteiger partial charge in [0, 0.05) is 18.0 Å². The van der Waals surface area contributed by atoms with Gasteiger partial charge in [-0.15, -0.1) is 0 Å². The second-order valence-corrected chi connectivity index (χ2v) is 11.7. The summed E-state index contributed by atoms with van der Waals surface area (Å²) in [5.74, 6) is 0.111. The van der Waals surface area contributed by atoms with Crippen molar-refractivity contribution in [3.63, 3.8) is 0 Å². The van der Waals surface area contributed by atoms with E-state index in [9.17, 15) is 14.7 Å². The molecule has 1 saturated carbocycles. The van der Waals surface area contributed by atoms with Crippen LogP contribution < -0.4 is 11.1 Å². The molecule has 5 unspecified atom stereocenters. The molecule has 1 aromatic rings. The van der Waals surface area contributed by atoms with E-state index in [0.29, 0.717) is 24.3 Å². The quantitative estimate of drug-likeness (QED) is 0.506. The maximum atomic E-state index is 13.7. The van der Waals surface area contributed by atoms with Crippen molar-refractivity contribution in [3.05, 3.63) is 41.9 Å². The standard InChI is InChI=1S/C28H44N3O3/c1-20(19-32)24(29)28(17-21-11-7-6-8-12-21,27(5,34)25(33)30-26(2,3)4)31-16-15-22-13-9-10-14-23(22)18-31/h6-8,11-12,19-20,22-23,34H,9-10,13-18,29H2,1-5H3,(H,30,33). The van der Waals surface area contributed by atoms with Crippen molar-refractivity contribution in [2.24, 2.45) is 23.5 Å². The molecule has 3 rings (SSSR count). The van der Waals surface area contributed by atoms with E-state index < -0.39 is 28.5 Å². The molecule has 5 atom stereocenters. The third kappa shape index (κ3) is 5.39. The first-order valence-electron chi connectivity index (χ1n) is 12.8. The first kappa shape index (κ1) is 26.8. The molecule has 0 spiro atoms. The van der Waals surface area contributed by atoms with Crippen LogP contribution in [0.4, 0.5) is 0 Å². The van der Waals surface area contributed by atoms with Gasteiger partial charge in [0.2, 0.25) is 0 Å². The summed E-state index contributed by atoms with van der Waals surface area (Å²) in [4.78, 5) is 27.9. The van der Waals surface area contributed by atoms with Gasteiger partial charge >= 0.3 is 0 Å². The number of likely N-dealkylation sites (tertiary alicyclic amines) is 1. The molecule has 2 fully saturated rings. The molecule has 6 nitrogen and oxygen atoms in total. The molecule has 1 amide bonds. The van der Waals surface area contributed by atoms with Crippen LogP contribution in [0.1, 0.15) is 72.3 Å². The van der Waals surface area contributed by atoms with Crippen LogP contribution in [0.2, 0.25) is 0 Å². The van der Waals surface area contributed by atoms with Crippen molar-refractivity contribution in [1.29, 1.82) is 0 Å². The molecule has 1 aliphatic heterocycles. The molecule has 1 radical (unpaired) electrons. The normalized spacial score (nSPS) is 26.1. The molecule has 4 N–H and O–H groups in total. The fourth-order valence-electron chi connectivity index (χ4n) is 6.10. The van der Waals surface area contributed by atoms with Crippen molar-refractivity contribution in [2.75, 3.05) is 13.1 Å². The van der Waals surface area contributed by atoms with Gasteiger partial charge in [0.1, 0.15) is 6.29 Å². The van der Waals surface area contributed by atoms with E-state index in [0.717, 1.165) is 37.8 Å². The maximum absolute atomic E-state index is 13.7. The second kappa shape index (κ2) is 10.5. The molecule has 0 aromatic heterocycles. The SMILES string of the molecule is CC(C=O)[C](N)C(Cc1ccccc1)(N1CCC2CCCCC2C1)C(C)(O)C(=O)NC(C)(C)C. The predicted molar refractivity (Wildman–Crippen MR) is 136 cm³/mol. The lowest BCUT2D eigenvalue weighted by Gasteiger charge is -2.58. The monoisotopic (exact) mass is 470 g/mol. The fraction of sp³-hybridized carbons (Fsp3) is 0.679. The largest absolute Gasteiger partial charge is 0.378 e. The minimum Gasteiger partial charge on any atom is -0.378 e. The summed E-state index contributed by atoms with van der Waals surface area (Å²) in [5.41, 5.74) is 4.20. The van der Waals surface area contributed by atoms with Gasteiger partial charge in [-0.25, -0.2) is 0 Å². The highest BCUT2D eigenvalue weighted by molar-refractivity contribution is 5.88. The molecular formula is C28H44N3O3. The molecule has 2 aliphatic rings. The molecule has 6 heteroatoms. The van der Waals surface area contributed by atoms with Crippen LogP contribution in [0.5, 0.6) is 0 Å². The number of aliphatic hydroxyl groups is 1. The number of aldehydes is 1. The summed E-state index contributed by atoms with van der Waals surface area (Å²) in [6.45, 7) is 10.5. The number of nitrogens with one attached hydrogen (secondary N) is 1. The number of fused-ring (bicyclic) bond motifs is 1. The Morgan fingerprint density at radius 1 is 1.15 bits per heavy atom. The Labute approximate surface area is 205 Å². The number of carbonyl (C=O) groups excluding carboxylic acids is 2. The molecule has 1 saturated heterocycles. The van der Waals surface area contributed by atoms with Gasteiger partial charge in [-0.2, -0.15) is 0 Å². The van der Waals surface area contributed by atoms with E-state index in [1.807, 2.05) is 51.1 Å². The number of rotatable bonds is 8. The topological polar surface area (TPSA) is 95.7 Å². The van der Waals surface area contributed by atoms with Crippen LogP contribution in [-0.4, -0.2) is 52.0 Å². The number of hydrogen-bond acceptors (Lipinski definition) is 5. The van der Waals surface area contributed by atoms with Gasteiger partial charge in [-0.3, -0.25) is 9.69 Å². The number of carbonyl (C=O) groups is 2. The van der Waals surface area contributed by atoms with Gasteiger partial charge in [0.05, 0.1) is 11.6 Å². The lowest BCUT2D eigenvalue weighted by atomic mass is 9.64. The summed E-state index contributed by atoms with van der Waals surface area (Å²) in [5, 5.41) is 15.2. The van der Waals surface area contributed by atoms with E-state index in [1.165, 1.54) is 19.3 Å². The highest BCUT2D eigenvalue weighted by Crippen LogP contribution is 2.46. The number of nitrogens with zero attached hydrogens (tertiary/aromatic N) is 1. The Balaban J connectivity index is 2.14. The predicted octanol–water partition coefficient (Wildman–Crippen LogP) is 3.47. The zero-order valence-electron chi connectivity index (χ0n) is 21.6. The molecule has 0 bridgehead atoms. The Morgan fingerprint density at radius 2 is 1.76 bits per heavy atom. The highest BCUT2D eigenvalue weighted by atomic mass is 16.3. The summed E-state index contributed by atoms with van der Waals surface area (Å²) in [6.07, 6.45) is 7.07. The minimum atomic E-state index is -1.86. The summed E-state index contributed by atoms with van der Waals surface area (Å²) in [6, 6.07) is 10.2. The van der Waals surface area contributed by atoms with Crippen molar-refractivity contribution in [3.8, 4) is 0 Å². The molecule has 1 aliphatic carbocycles. The smallest absolute Gasteiger partial charge is 0.254 e. The van der Waals surface area contributed by atoms with Crippen molar-refractivity contribution in [1.82, 2.24) is 10.2 Å². The van der Waals surface area contributed by atoms with Crippen LogP contribution in [-0.2, 0) is 16.0 Å². The van der Waals surface area contributed by atoms with Crippen molar-refractivity contribution < 1.29 is 14.7 Å². The second-order valence-electron chi connectivity index (χ2n) is 11.7. The van der Waals surface area contributed by atoms with Crippen molar-refractivity contribution in [2.45, 2.75) is 89.8 Å². The van der Waals surface area contributed by atoms with Crippen LogP contribution in [0.3, 0.4) is 0 Å². The molecule has 1 aromatic carbocycles. The molecule has 34 heavy (non-hydrogen) atoms. The Morgan fingerprint density at radius 3 is 2.35 bits per heavy atom. The van der Waals surface area contributed by atoms with Gasteiger partial charge in [-0.05, 0) is 70.9 Å². The minimum absolute atomic E-state index is 0.347. The number of benzene rings is 1. The molecular weight excluding hydrogens is 426 g/mol. The number of nitrogens with two attached hydrogens (primary N) is 1. The van der Waals surface area contributed by atoms with Crippen LogP contribution in [0, 0.1) is 23.8 Å². The third-order valence-corrected chi connectivity index (χ3v) is 8.04. The first-order chi connectivity index (χ1) is 15.9. The summed E-state index contributed by atoms with van der Waals surface area (Å²) < 4.78 is 0. The van der Waals surface area contributed by atoms with Crippen LogP contribution in [0.25, 0.3) is 0 Å². The van der Waals surface area contributed by atoms with Gasteiger partial charge in [0.25, 0.3) is 5.91 Å². The van der Waals surface area contributed by atoms with Gasteiger partial charge in [-0.1, -0.05) is 56.5 Å². The van der Waals surface area contributed by atoms with Crippen molar-refractivity contribution >= 4 is 12.2 Å². The summed E-state index contributed by atoms with van der Waals surface area (Å²) in [7, 11) is 0. The van der Waals surface area contributed by atoms with Gasteiger partial charge < -0.3 is 21.0 Å². The molecule has 189 valence electrons. The van der Waals surface area contributed by atoms with E-state index >= 15 is 0 Å². The fourth-order valence-corrected chi connectivity index (χ4v) is 6.10. The lowest BCUT2D eigenvalue weighted by Crippen LogP contribution is -2.76. The third-order valence-electron chi connectivity index (χ3n) is 8.04. The molecule has 1 heterocycles. The Kier molecular flexibility index (Phi) is 8.26. The number of piperidine rings is 1. The van der Waals surface area contributed by atoms with Crippen LogP contribution in [0.15, 0.2) is 30.3 Å². The number of amides is 1. The first-order valence-corrected chi connectivity index (χ1v) is 12.8. The highest BCUT2D eigenvalue weighted by Gasteiger charge is 2.61. The zero-order chi connectivity index (χ0) is 25.1. The number of hydrogen-bond donors (Lipinski definition) is 3. The lowest BCUT2D eigenvalue weighted by molar-refractivity contribution is -0.164. The zero-order valence-corrected chi connectivity index (χ0v) is 21.6. The Bertz CT molecular complexity index is 835. The average molecular weight is 471 g/mol. The van der Waals surface area contributed by atoms with E-state index in [4.69, 9.17) is 5.73 Å². The Hall–Kier alpha value is -1.76. The van der Waals surface area contributed by atoms with E-state index in [1.54, 1.807) is 13.8 Å². The van der Waals surface area contributed by atoms with E-state index in [2.05, 4.69) is 10.2 Å². The maximum Gasteiger partial charge on any atom is 0.254 e. The van der Waals surface area contributed by atoms with Gasteiger partial charge in [0.15, 0.2) is 5.60 Å². The van der Waals surface area contributed by atoms with E-state index in [-0.39, 0.29) is 0 Å². The van der Waals surface area contributed by atoms with Crippen LogP contribution >= 0.6 is 0 Å². The summed E-state index contributed by atoms with van der Waals surface area (Å²) >= 11 is 0. The average Bonchev–Trinajstić information content (AvgIpc) is 2.80.